The number of hydrogen-bond donors (Lipinski definition) is 0. The van der Waals surface area contributed by atoms with Crippen molar-refractivity contribution in [1.82, 2.24) is 6.24 Å². The molecule has 15 heavy (non-hydrogen) atoms. The Morgan fingerprint density at radius 1 is 1.00 bits per heavy atom. The third-order valence-electron chi connectivity index (χ3n) is 3.95. The zero-order valence-electron chi connectivity index (χ0n) is 11.4. The van der Waals surface area contributed by atoms with Gasteiger partial charge in [0.15, 0.2) is 0 Å². The van der Waals surface area contributed by atoms with Crippen LogP contribution < -0.4 is 0 Å². The summed E-state index contributed by atoms with van der Waals surface area (Å²) in [6, 6.07) is 1.49. The molecule has 0 saturated carbocycles. The van der Waals surface area contributed by atoms with Crippen molar-refractivity contribution < 1.29 is 0 Å². The molecule has 0 N–H and O–H groups in total. The molecular weight excluding hydrogens is 291 g/mol. The molecule has 0 unspecified atom stereocenters. The molecule has 0 aromatic rings. The van der Waals surface area contributed by atoms with E-state index >= 15 is 0 Å². The van der Waals surface area contributed by atoms with Gasteiger partial charge in [0.05, 0.1) is 0 Å². The molecule has 0 aromatic carbocycles. The van der Waals surface area contributed by atoms with E-state index in [0.29, 0.717) is 0 Å². The molecule has 1 saturated heterocycles. The van der Waals surface area contributed by atoms with E-state index < -0.39 is 18.9 Å². The van der Waals surface area contributed by atoms with Gasteiger partial charge in [-0.25, -0.2) is 0 Å². The van der Waals surface area contributed by atoms with E-state index in [2.05, 4.69) is 45.8 Å². The number of hydrogen-bond acceptors (Lipinski definition) is 2. The van der Waals surface area contributed by atoms with Gasteiger partial charge in [-0.05, 0) is 0 Å². The Morgan fingerprint density at radius 2 is 1.40 bits per heavy atom. The van der Waals surface area contributed by atoms with Crippen LogP contribution in [0.4, 0.5) is 0 Å². The van der Waals surface area contributed by atoms with Crippen LogP contribution >= 0.6 is 0 Å². The Labute approximate surface area is 101 Å². The van der Waals surface area contributed by atoms with Crippen molar-refractivity contribution in [3.63, 3.8) is 0 Å². The van der Waals surface area contributed by atoms with Gasteiger partial charge in [-0.1, -0.05) is 0 Å². The fraction of sp³-hybridized carbons (Fsp3) is 1.00. The van der Waals surface area contributed by atoms with E-state index in [9.17, 15) is 0 Å². The van der Waals surface area contributed by atoms with Crippen molar-refractivity contribution >= 4 is 18.9 Å². The van der Waals surface area contributed by atoms with E-state index in [-0.39, 0.29) is 0 Å². The summed E-state index contributed by atoms with van der Waals surface area (Å²) in [5.41, 5.74) is 0. The molecule has 0 spiro atoms. The predicted octanol–water partition coefficient (Wildman–Crippen LogP) is 2.90. The molecule has 0 aromatic heterocycles. The van der Waals surface area contributed by atoms with Crippen LogP contribution in [0.1, 0.15) is 41.0 Å². The summed E-state index contributed by atoms with van der Waals surface area (Å²) in [6.07, 6.45) is 1.36. The van der Waals surface area contributed by atoms with Crippen LogP contribution in [0, 0.1) is 0 Å². The van der Waals surface area contributed by atoms with E-state index in [1.165, 1.54) is 23.9 Å². The van der Waals surface area contributed by atoms with Gasteiger partial charge in [-0.3, -0.25) is 0 Å². The first-order valence-electron chi connectivity index (χ1n) is 6.47. The van der Waals surface area contributed by atoms with Gasteiger partial charge in [-0.2, -0.15) is 0 Å². The fourth-order valence-electron chi connectivity index (χ4n) is 3.09. The molecule has 1 aliphatic heterocycles. The van der Waals surface area contributed by atoms with Crippen LogP contribution in [0.25, 0.3) is 0 Å². The standard InChI is InChI=1S/C9H20N2.C2H5.CH3.Sn/c1-8(2)10-6-5-7-11-9(3)4;1-2;;/h8-9H,5-7H2,1-4H3;1H2,2H3;1H3;/q-2;;;+2. The van der Waals surface area contributed by atoms with Gasteiger partial charge in [0.1, 0.15) is 0 Å². The molecule has 0 radical (unpaired) electrons. The molecule has 0 bridgehead atoms. The molecule has 90 valence electrons. The summed E-state index contributed by atoms with van der Waals surface area (Å²) in [6.45, 7) is 14.6. The maximum atomic E-state index is 2.87. The van der Waals surface area contributed by atoms with Gasteiger partial charge in [-0.15, -0.1) is 0 Å². The Hall–Kier alpha value is 0.719. The average Bonchev–Trinajstić information content (AvgIpc) is 2.17. The average molecular weight is 319 g/mol. The Balaban J connectivity index is 2.91. The van der Waals surface area contributed by atoms with Crippen molar-refractivity contribution in [1.29, 1.82) is 0 Å². The quantitative estimate of drug-likeness (QED) is 0.738. The third kappa shape index (κ3) is 2.70. The van der Waals surface area contributed by atoms with Crippen LogP contribution in [-0.2, 0) is 0 Å². The molecule has 1 aliphatic rings. The Kier molecular flexibility index (Phi) is 4.93. The van der Waals surface area contributed by atoms with Gasteiger partial charge in [0.25, 0.3) is 0 Å². The predicted molar refractivity (Wildman–Crippen MR) is 70.4 cm³/mol. The van der Waals surface area contributed by atoms with Crippen molar-refractivity contribution in [2.75, 3.05) is 13.1 Å². The van der Waals surface area contributed by atoms with E-state index in [1.54, 1.807) is 0 Å². The molecule has 0 aliphatic carbocycles. The summed E-state index contributed by atoms with van der Waals surface area (Å²) in [4.78, 5) is 2.62. The van der Waals surface area contributed by atoms with Crippen LogP contribution in [-0.4, -0.2) is 50.3 Å². The molecule has 0 amide bonds. The van der Waals surface area contributed by atoms with E-state index in [4.69, 9.17) is 0 Å². The van der Waals surface area contributed by atoms with Gasteiger partial charge >= 0.3 is 101 Å². The normalized spacial score (nSPS) is 24.0. The fourth-order valence-corrected chi connectivity index (χ4v) is 16.4. The van der Waals surface area contributed by atoms with E-state index in [0.717, 1.165) is 12.1 Å². The maximum absolute atomic E-state index is 2.87. The van der Waals surface area contributed by atoms with Crippen molar-refractivity contribution in [2.24, 2.45) is 0 Å². The topological polar surface area (TPSA) is 6.48 Å². The second kappa shape index (κ2) is 5.37. The first kappa shape index (κ1) is 13.8. The summed E-state index contributed by atoms with van der Waals surface area (Å²) < 4.78 is 7.17. The van der Waals surface area contributed by atoms with E-state index in [1.807, 2.05) is 0 Å². The third-order valence-corrected chi connectivity index (χ3v) is 19.1. The number of nitrogens with zero attached hydrogens (tertiary/aromatic N) is 2. The van der Waals surface area contributed by atoms with Crippen molar-refractivity contribution in [3.8, 4) is 0 Å². The van der Waals surface area contributed by atoms with Gasteiger partial charge in [0, 0.05) is 0 Å². The van der Waals surface area contributed by atoms with Gasteiger partial charge in [0.2, 0.25) is 0 Å². The monoisotopic (exact) mass is 320 g/mol. The molecular formula is C12H28N2Sn. The summed E-state index contributed by atoms with van der Waals surface area (Å²) in [5.74, 6) is 0. The van der Waals surface area contributed by atoms with Crippen molar-refractivity contribution in [3.05, 3.63) is 0 Å². The molecule has 1 fully saturated rings. The molecule has 3 heteroatoms. The molecule has 2 nitrogen and oxygen atoms in total. The van der Waals surface area contributed by atoms with Crippen LogP contribution in [0.15, 0.2) is 0 Å². The summed E-state index contributed by atoms with van der Waals surface area (Å²) in [5, 5.41) is 0. The van der Waals surface area contributed by atoms with Crippen LogP contribution in [0.2, 0.25) is 9.38 Å². The first-order chi connectivity index (χ1) is 6.93. The Morgan fingerprint density at radius 3 is 1.67 bits per heavy atom. The Bertz CT molecular complexity index is 188. The molecule has 0 atom stereocenters. The first-order valence-corrected chi connectivity index (χ1v) is 13.9. The SMILES string of the molecule is C[CH2][Sn]1([CH3])[N](C(C)C)CCC[N]1C(C)C. The van der Waals surface area contributed by atoms with Crippen LogP contribution in [0.3, 0.4) is 0 Å². The number of rotatable bonds is 3. The minimum absolute atomic E-state index is 0.743. The molecule has 1 heterocycles. The van der Waals surface area contributed by atoms with Crippen molar-refractivity contribution in [2.45, 2.75) is 62.5 Å². The molecule has 1 rings (SSSR count). The zero-order valence-corrected chi connectivity index (χ0v) is 14.2. The van der Waals surface area contributed by atoms with Crippen LogP contribution in [0.5, 0.6) is 0 Å². The zero-order chi connectivity index (χ0) is 11.6. The second-order valence-corrected chi connectivity index (χ2v) is 17.7. The summed E-state index contributed by atoms with van der Waals surface area (Å²) in [7, 11) is 0. The second-order valence-electron chi connectivity index (χ2n) is 5.50. The van der Waals surface area contributed by atoms with Gasteiger partial charge < -0.3 is 0 Å². The minimum atomic E-state index is -2.14. The summed E-state index contributed by atoms with van der Waals surface area (Å²) >= 11 is -2.14.